The molecule has 2 aliphatic rings. The van der Waals surface area contributed by atoms with E-state index in [4.69, 9.17) is 0 Å². The summed E-state index contributed by atoms with van der Waals surface area (Å²) in [5.41, 5.74) is 7.43. The molecule has 3 rings (SSSR count). The summed E-state index contributed by atoms with van der Waals surface area (Å²) in [6.45, 7) is 0. The fourth-order valence-electron chi connectivity index (χ4n) is 1.84. The first-order chi connectivity index (χ1) is 7.45. The van der Waals surface area contributed by atoms with Crippen molar-refractivity contribution >= 4 is 11.8 Å². The van der Waals surface area contributed by atoms with E-state index >= 15 is 0 Å². The summed E-state index contributed by atoms with van der Waals surface area (Å²) < 4.78 is 0. The Bertz CT molecular complexity index is 519. The molecule has 0 aromatic heterocycles. The molecule has 72 valence electrons. The molecule has 2 nitrogen and oxygen atoms in total. The number of allylic oxidation sites excluding steroid dienone is 4. The number of hydrogen-bond acceptors (Lipinski definition) is 2. The van der Waals surface area contributed by atoms with Crippen LogP contribution in [0.2, 0.25) is 0 Å². The van der Waals surface area contributed by atoms with Crippen LogP contribution in [0.4, 0.5) is 0 Å². The highest BCUT2D eigenvalue weighted by Gasteiger charge is 2.14. The second-order valence-corrected chi connectivity index (χ2v) is 3.49. The van der Waals surface area contributed by atoms with Crippen molar-refractivity contribution in [1.82, 2.24) is 5.43 Å². The number of hydrogen-bond donors (Lipinski definition) is 1. The molecule has 0 radical (unpaired) electrons. The highest BCUT2D eigenvalue weighted by Crippen LogP contribution is 2.21. The van der Waals surface area contributed by atoms with Crippen LogP contribution < -0.4 is 5.43 Å². The Morgan fingerprint density at radius 3 is 3.00 bits per heavy atom. The van der Waals surface area contributed by atoms with E-state index in [1.807, 2.05) is 24.4 Å². The van der Waals surface area contributed by atoms with Crippen LogP contribution in [0.15, 0.2) is 59.4 Å². The van der Waals surface area contributed by atoms with Crippen molar-refractivity contribution in [3.63, 3.8) is 0 Å². The molecular formula is C13H10N2. The van der Waals surface area contributed by atoms with E-state index in [-0.39, 0.29) is 0 Å². The predicted octanol–water partition coefficient (Wildman–Crippen LogP) is 2.46. The van der Waals surface area contributed by atoms with Crippen LogP contribution in [0.5, 0.6) is 0 Å². The summed E-state index contributed by atoms with van der Waals surface area (Å²) in [5, 5.41) is 4.32. The minimum atomic E-state index is 1.01. The molecule has 1 aromatic carbocycles. The average molecular weight is 194 g/mol. The number of rotatable bonds is 0. The third kappa shape index (κ3) is 1.31. The van der Waals surface area contributed by atoms with Crippen LogP contribution in [0.25, 0.3) is 6.08 Å². The second-order valence-electron chi connectivity index (χ2n) is 3.49. The molecule has 0 saturated heterocycles. The van der Waals surface area contributed by atoms with Crippen molar-refractivity contribution in [2.45, 2.75) is 0 Å². The molecule has 1 aromatic rings. The maximum absolute atomic E-state index is 4.32. The largest absolute Gasteiger partial charge is 0.285 e. The van der Waals surface area contributed by atoms with E-state index in [1.54, 1.807) is 0 Å². The van der Waals surface area contributed by atoms with Gasteiger partial charge in [0.15, 0.2) is 0 Å². The fraction of sp³-hybridized carbons (Fsp3) is 0. The molecule has 1 aliphatic heterocycles. The van der Waals surface area contributed by atoms with E-state index in [0.29, 0.717) is 0 Å². The van der Waals surface area contributed by atoms with Gasteiger partial charge in [0.25, 0.3) is 0 Å². The van der Waals surface area contributed by atoms with Gasteiger partial charge in [-0.2, -0.15) is 5.10 Å². The summed E-state index contributed by atoms with van der Waals surface area (Å²) in [4.78, 5) is 0. The third-order valence-corrected chi connectivity index (χ3v) is 2.55. The van der Waals surface area contributed by atoms with Gasteiger partial charge in [-0.25, -0.2) is 0 Å². The summed E-state index contributed by atoms with van der Waals surface area (Å²) in [6, 6.07) is 8.28. The molecule has 1 aliphatic carbocycles. The lowest BCUT2D eigenvalue weighted by Gasteiger charge is -2.12. The van der Waals surface area contributed by atoms with Crippen LogP contribution in [0.3, 0.4) is 0 Å². The van der Waals surface area contributed by atoms with Crippen LogP contribution in [-0.2, 0) is 0 Å². The SMILES string of the molecule is C1=Cc2ccccc2C2=NNC=CC2=C1. The molecule has 0 saturated carbocycles. The van der Waals surface area contributed by atoms with Crippen molar-refractivity contribution in [1.29, 1.82) is 0 Å². The van der Waals surface area contributed by atoms with E-state index in [0.717, 1.165) is 11.3 Å². The van der Waals surface area contributed by atoms with Gasteiger partial charge < -0.3 is 0 Å². The Balaban J connectivity index is 2.25. The minimum Gasteiger partial charge on any atom is -0.285 e. The molecular weight excluding hydrogens is 184 g/mol. The number of hydrazone groups is 1. The van der Waals surface area contributed by atoms with Gasteiger partial charge in [0.05, 0.1) is 5.71 Å². The Kier molecular flexibility index (Phi) is 1.78. The Labute approximate surface area is 88.3 Å². The zero-order chi connectivity index (χ0) is 10.1. The van der Waals surface area contributed by atoms with Crippen LogP contribution in [0.1, 0.15) is 11.1 Å². The molecule has 1 N–H and O–H groups in total. The van der Waals surface area contributed by atoms with Gasteiger partial charge in [-0.1, -0.05) is 42.5 Å². The zero-order valence-corrected chi connectivity index (χ0v) is 8.14. The summed E-state index contributed by atoms with van der Waals surface area (Å²) in [7, 11) is 0. The lowest BCUT2D eigenvalue weighted by atomic mass is 9.99. The first-order valence-corrected chi connectivity index (χ1v) is 4.93. The zero-order valence-electron chi connectivity index (χ0n) is 8.14. The molecule has 0 amide bonds. The lowest BCUT2D eigenvalue weighted by molar-refractivity contribution is 0.955. The van der Waals surface area contributed by atoms with Gasteiger partial charge in [0.1, 0.15) is 0 Å². The number of benzene rings is 1. The maximum Gasteiger partial charge on any atom is 0.0984 e. The molecule has 0 fully saturated rings. The molecule has 0 atom stereocenters. The first-order valence-electron chi connectivity index (χ1n) is 4.93. The highest BCUT2D eigenvalue weighted by atomic mass is 15.3. The van der Waals surface area contributed by atoms with E-state index in [9.17, 15) is 0 Å². The molecule has 2 heteroatoms. The quantitative estimate of drug-likeness (QED) is 0.674. The van der Waals surface area contributed by atoms with Gasteiger partial charge in [0.2, 0.25) is 0 Å². The van der Waals surface area contributed by atoms with Crippen molar-refractivity contribution < 1.29 is 0 Å². The molecule has 1 heterocycles. The molecule has 15 heavy (non-hydrogen) atoms. The van der Waals surface area contributed by atoms with Crippen LogP contribution >= 0.6 is 0 Å². The van der Waals surface area contributed by atoms with Crippen molar-refractivity contribution in [2.75, 3.05) is 0 Å². The van der Waals surface area contributed by atoms with Crippen LogP contribution in [-0.4, -0.2) is 5.71 Å². The normalized spacial score (nSPS) is 16.8. The predicted molar refractivity (Wildman–Crippen MR) is 62.4 cm³/mol. The van der Waals surface area contributed by atoms with Gasteiger partial charge in [0, 0.05) is 17.3 Å². The fourth-order valence-corrected chi connectivity index (χ4v) is 1.84. The van der Waals surface area contributed by atoms with E-state index < -0.39 is 0 Å². The Morgan fingerprint density at radius 1 is 1.07 bits per heavy atom. The summed E-state index contributed by atoms with van der Waals surface area (Å²) in [6.07, 6.45) is 10.1. The van der Waals surface area contributed by atoms with Crippen molar-refractivity contribution in [2.24, 2.45) is 5.10 Å². The molecule has 0 unspecified atom stereocenters. The average Bonchev–Trinajstić information content (AvgIpc) is 2.48. The van der Waals surface area contributed by atoms with E-state index in [2.05, 4.69) is 40.9 Å². The van der Waals surface area contributed by atoms with Gasteiger partial charge in [-0.15, -0.1) is 0 Å². The minimum absolute atomic E-state index is 1.01. The Hall–Kier alpha value is -2.09. The number of fused-ring (bicyclic) bond motifs is 3. The van der Waals surface area contributed by atoms with Gasteiger partial charge in [-0.3, -0.25) is 5.43 Å². The summed E-state index contributed by atoms with van der Waals surface area (Å²) in [5.74, 6) is 0. The van der Waals surface area contributed by atoms with Gasteiger partial charge >= 0.3 is 0 Å². The van der Waals surface area contributed by atoms with Crippen molar-refractivity contribution in [3.05, 3.63) is 65.4 Å². The summed E-state index contributed by atoms with van der Waals surface area (Å²) >= 11 is 0. The topological polar surface area (TPSA) is 24.4 Å². The highest BCUT2D eigenvalue weighted by molar-refractivity contribution is 6.17. The maximum atomic E-state index is 4.32. The van der Waals surface area contributed by atoms with Gasteiger partial charge in [-0.05, 0) is 11.6 Å². The third-order valence-electron chi connectivity index (χ3n) is 2.55. The van der Waals surface area contributed by atoms with E-state index in [1.165, 1.54) is 11.1 Å². The number of nitrogens with zero attached hydrogens (tertiary/aromatic N) is 1. The smallest absolute Gasteiger partial charge is 0.0984 e. The monoisotopic (exact) mass is 194 g/mol. The van der Waals surface area contributed by atoms with Crippen LogP contribution in [0, 0.1) is 0 Å². The Morgan fingerprint density at radius 2 is 2.00 bits per heavy atom. The number of nitrogens with one attached hydrogen (secondary N) is 1. The molecule has 0 spiro atoms. The molecule has 0 bridgehead atoms. The lowest BCUT2D eigenvalue weighted by Crippen LogP contribution is -2.13. The second kappa shape index (κ2) is 3.24. The standard InChI is InChI=1S/C13H10N2/c1-2-7-12-10(4-1)5-3-6-11-8-9-14-15-13(11)12/h1-9,14H. The van der Waals surface area contributed by atoms with Crippen molar-refractivity contribution in [3.8, 4) is 0 Å². The first kappa shape index (κ1) is 8.24.